The Morgan fingerprint density at radius 2 is 2.05 bits per heavy atom. The van der Waals surface area contributed by atoms with Gasteiger partial charge in [-0.1, -0.05) is 13.8 Å². The summed E-state index contributed by atoms with van der Waals surface area (Å²) in [6.45, 7) is 8.88. The topological polar surface area (TPSA) is 38.8 Å². The Morgan fingerprint density at radius 3 is 2.81 bits per heavy atom. The smallest absolute Gasteiger partial charge is 0.169 e. The maximum atomic E-state index is 11.7. The molecular formula is C17H25NO3. The van der Waals surface area contributed by atoms with Crippen molar-refractivity contribution >= 4 is 5.78 Å². The summed E-state index contributed by atoms with van der Waals surface area (Å²) in [7, 11) is 0. The predicted octanol–water partition coefficient (Wildman–Crippen LogP) is 3.15. The van der Waals surface area contributed by atoms with Crippen LogP contribution in [0.3, 0.4) is 0 Å². The van der Waals surface area contributed by atoms with Crippen LogP contribution in [-0.4, -0.2) is 43.5 Å². The molecule has 1 aromatic rings. The lowest BCUT2D eigenvalue weighted by atomic mass is 10.1. The quantitative estimate of drug-likeness (QED) is 0.690. The number of fused-ring (bicyclic) bond motifs is 1. The molecule has 0 spiro atoms. The van der Waals surface area contributed by atoms with Gasteiger partial charge in [-0.05, 0) is 44.6 Å². The van der Waals surface area contributed by atoms with Gasteiger partial charge in [0.25, 0.3) is 0 Å². The molecule has 2 rings (SSSR count). The molecule has 1 aliphatic rings. The Kier molecular flexibility index (Phi) is 6.05. The highest BCUT2D eigenvalue weighted by atomic mass is 16.5. The molecule has 0 unspecified atom stereocenters. The number of unbranched alkanes of at least 4 members (excludes halogenated alkanes) is 1. The van der Waals surface area contributed by atoms with Crippen LogP contribution in [0, 0.1) is 0 Å². The number of carbonyl (C=O) groups is 1. The Morgan fingerprint density at radius 1 is 1.24 bits per heavy atom. The zero-order valence-corrected chi connectivity index (χ0v) is 13.1. The number of rotatable bonds is 8. The van der Waals surface area contributed by atoms with Gasteiger partial charge in [0.2, 0.25) is 0 Å². The summed E-state index contributed by atoms with van der Waals surface area (Å²) in [5.41, 5.74) is 0.676. The molecule has 1 aliphatic heterocycles. The standard InChI is InChI=1S/C17H25NO3/c1-3-18(4-2)10-5-6-11-20-14-7-8-15-16(19)9-12-21-17(15)13-14/h7-8,13H,3-6,9-12H2,1-2H3. The third-order valence-corrected chi connectivity index (χ3v) is 3.87. The molecule has 116 valence electrons. The first-order chi connectivity index (χ1) is 10.2. The second-order valence-corrected chi connectivity index (χ2v) is 5.26. The highest BCUT2D eigenvalue weighted by Crippen LogP contribution is 2.29. The molecule has 0 N–H and O–H groups in total. The number of nitrogens with zero attached hydrogens (tertiary/aromatic N) is 1. The summed E-state index contributed by atoms with van der Waals surface area (Å²) >= 11 is 0. The second kappa shape index (κ2) is 8.03. The Hall–Kier alpha value is -1.55. The van der Waals surface area contributed by atoms with E-state index in [1.807, 2.05) is 18.2 Å². The number of ether oxygens (including phenoxy) is 2. The lowest BCUT2D eigenvalue weighted by Gasteiger charge is -2.18. The van der Waals surface area contributed by atoms with Crippen LogP contribution in [0.1, 0.15) is 43.5 Å². The van der Waals surface area contributed by atoms with Gasteiger partial charge in [-0.15, -0.1) is 0 Å². The molecule has 0 aliphatic carbocycles. The molecule has 0 aromatic heterocycles. The lowest BCUT2D eigenvalue weighted by Crippen LogP contribution is -2.24. The molecule has 4 heteroatoms. The molecule has 1 heterocycles. The fourth-order valence-electron chi connectivity index (χ4n) is 2.50. The predicted molar refractivity (Wildman–Crippen MR) is 83.4 cm³/mol. The summed E-state index contributed by atoms with van der Waals surface area (Å²) in [5, 5.41) is 0. The maximum Gasteiger partial charge on any atom is 0.169 e. The van der Waals surface area contributed by atoms with Crippen LogP contribution in [0.15, 0.2) is 18.2 Å². The summed E-state index contributed by atoms with van der Waals surface area (Å²) < 4.78 is 11.3. The highest BCUT2D eigenvalue weighted by Gasteiger charge is 2.18. The fraction of sp³-hybridized carbons (Fsp3) is 0.588. The van der Waals surface area contributed by atoms with Crippen molar-refractivity contribution in [3.63, 3.8) is 0 Å². The van der Waals surface area contributed by atoms with Crippen LogP contribution in [-0.2, 0) is 0 Å². The van der Waals surface area contributed by atoms with Crippen molar-refractivity contribution in [1.29, 1.82) is 0 Å². The van der Waals surface area contributed by atoms with Crippen molar-refractivity contribution in [2.75, 3.05) is 32.8 Å². The summed E-state index contributed by atoms with van der Waals surface area (Å²) in [6.07, 6.45) is 2.65. The van der Waals surface area contributed by atoms with E-state index in [1.54, 1.807) is 0 Å². The molecule has 4 nitrogen and oxygen atoms in total. The van der Waals surface area contributed by atoms with E-state index in [0.29, 0.717) is 30.9 Å². The second-order valence-electron chi connectivity index (χ2n) is 5.26. The van der Waals surface area contributed by atoms with E-state index in [1.165, 1.54) is 0 Å². The minimum atomic E-state index is 0.155. The van der Waals surface area contributed by atoms with E-state index in [2.05, 4.69) is 18.7 Å². The average molecular weight is 291 g/mol. The van der Waals surface area contributed by atoms with Gasteiger partial charge in [0, 0.05) is 12.5 Å². The van der Waals surface area contributed by atoms with Gasteiger partial charge in [-0.3, -0.25) is 4.79 Å². The third kappa shape index (κ3) is 4.46. The normalized spacial score (nSPS) is 14.0. The van der Waals surface area contributed by atoms with E-state index in [-0.39, 0.29) is 5.78 Å². The Balaban J connectivity index is 1.75. The largest absolute Gasteiger partial charge is 0.493 e. The zero-order valence-electron chi connectivity index (χ0n) is 13.1. The van der Waals surface area contributed by atoms with Crippen molar-refractivity contribution in [3.8, 4) is 11.5 Å². The molecule has 0 fully saturated rings. The highest BCUT2D eigenvalue weighted by molar-refractivity contribution is 5.99. The van der Waals surface area contributed by atoms with Crippen LogP contribution >= 0.6 is 0 Å². The van der Waals surface area contributed by atoms with Crippen molar-refractivity contribution < 1.29 is 14.3 Å². The number of hydrogen-bond donors (Lipinski definition) is 0. The van der Waals surface area contributed by atoms with E-state index in [4.69, 9.17) is 9.47 Å². The lowest BCUT2D eigenvalue weighted by molar-refractivity contribution is 0.0933. The summed E-state index contributed by atoms with van der Waals surface area (Å²) in [4.78, 5) is 14.1. The molecular weight excluding hydrogens is 266 g/mol. The van der Waals surface area contributed by atoms with Gasteiger partial charge in [-0.25, -0.2) is 0 Å². The number of ketones is 1. The summed E-state index contributed by atoms with van der Waals surface area (Å²) in [5.74, 6) is 1.60. The Labute approximate surface area is 127 Å². The van der Waals surface area contributed by atoms with E-state index < -0.39 is 0 Å². The van der Waals surface area contributed by atoms with Crippen molar-refractivity contribution in [2.45, 2.75) is 33.1 Å². The van der Waals surface area contributed by atoms with Gasteiger partial charge in [0.05, 0.1) is 18.8 Å². The van der Waals surface area contributed by atoms with E-state index in [0.717, 1.165) is 38.2 Å². The van der Waals surface area contributed by atoms with Gasteiger partial charge in [0.15, 0.2) is 5.78 Å². The molecule has 0 atom stereocenters. The van der Waals surface area contributed by atoms with Crippen LogP contribution < -0.4 is 9.47 Å². The van der Waals surface area contributed by atoms with Crippen molar-refractivity contribution in [1.82, 2.24) is 4.90 Å². The monoisotopic (exact) mass is 291 g/mol. The van der Waals surface area contributed by atoms with Gasteiger partial charge in [-0.2, -0.15) is 0 Å². The van der Waals surface area contributed by atoms with Gasteiger partial charge >= 0.3 is 0 Å². The van der Waals surface area contributed by atoms with Gasteiger partial charge < -0.3 is 14.4 Å². The molecule has 21 heavy (non-hydrogen) atoms. The molecule has 0 saturated carbocycles. The number of carbonyl (C=O) groups excluding carboxylic acids is 1. The Bertz CT molecular complexity index is 469. The van der Waals surface area contributed by atoms with Crippen LogP contribution in [0.25, 0.3) is 0 Å². The number of Topliss-reactive ketones (excluding diaryl/α,β-unsaturated/α-hetero) is 1. The zero-order chi connectivity index (χ0) is 15.1. The fourth-order valence-corrected chi connectivity index (χ4v) is 2.50. The first-order valence-corrected chi connectivity index (χ1v) is 7.89. The maximum absolute atomic E-state index is 11.7. The molecule has 0 saturated heterocycles. The first kappa shape index (κ1) is 15.8. The van der Waals surface area contributed by atoms with Crippen molar-refractivity contribution in [3.05, 3.63) is 23.8 Å². The summed E-state index contributed by atoms with van der Waals surface area (Å²) in [6, 6.07) is 5.49. The third-order valence-electron chi connectivity index (χ3n) is 3.87. The SMILES string of the molecule is CCN(CC)CCCCOc1ccc2c(c1)OCCC2=O. The molecule has 0 bridgehead atoms. The number of hydrogen-bond acceptors (Lipinski definition) is 4. The van der Waals surface area contributed by atoms with E-state index >= 15 is 0 Å². The molecule has 1 aromatic carbocycles. The minimum absolute atomic E-state index is 0.155. The molecule has 0 radical (unpaired) electrons. The average Bonchev–Trinajstić information content (AvgIpc) is 2.51. The van der Waals surface area contributed by atoms with Crippen LogP contribution in [0.4, 0.5) is 0 Å². The van der Waals surface area contributed by atoms with Gasteiger partial charge in [0.1, 0.15) is 11.5 Å². The van der Waals surface area contributed by atoms with E-state index in [9.17, 15) is 4.79 Å². The van der Waals surface area contributed by atoms with Crippen LogP contribution in [0.5, 0.6) is 11.5 Å². The first-order valence-electron chi connectivity index (χ1n) is 7.89. The van der Waals surface area contributed by atoms with Crippen molar-refractivity contribution in [2.24, 2.45) is 0 Å². The number of benzene rings is 1. The van der Waals surface area contributed by atoms with Crippen LogP contribution in [0.2, 0.25) is 0 Å². The molecule has 0 amide bonds. The minimum Gasteiger partial charge on any atom is -0.493 e.